The second-order valence-corrected chi connectivity index (χ2v) is 8.10. The number of nitrogens with one attached hydrogen (secondary N) is 2. The molecule has 2 aromatic heterocycles. The molecule has 1 amide bonds. The van der Waals surface area contributed by atoms with Crippen LogP contribution in [0.2, 0.25) is 0 Å². The Kier molecular flexibility index (Phi) is 3.96. The molecular formula is C19H20N4O2S. The molecule has 2 fully saturated rings. The van der Waals surface area contributed by atoms with Crippen molar-refractivity contribution in [2.24, 2.45) is 11.8 Å². The Morgan fingerprint density at radius 3 is 2.77 bits per heavy atom. The van der Waals surface area contributed by atoms with Crippen LogP contribution >= 0.6 is 11.8 Å². The number of rotatable bonds is 7. The molecule has 0 atom stereocenters. The molecule has 5 rings (SSSR count). The van der Waals surface area contributed by atoms with Gasteiger partial charge in [-0.1, -0.05) is 30.0 Å². The molecule has 0 saturated heterocycles. The average molecular weight is 368 g/mol. The highest BCUT2D eigenvalue weighted by atomic mass is 32.2. The molecule has 6 nitrogen and oxygen atoms in total. The zero-order valence-corrected chi connectivity index (χ0v) is 15.1. The Bertz CT molecular complexity index is 930. The quantitative estimate of drug-likeness (QED) is 0.622. The predicted octanol–water partition coefficient (Wildman–Crippen LogP) is 3.61. The lowest BCUT2D eigenvalue weighted by molar-refractivity contribution is -0.119. The van der Waals surface area contributed by atoms with E-state index in [0.29, 0.717) is 34.7 Å². The van der Waals surface area contributed by atoms with E-state index in [2.05, 4.69) is 20.5 Å². The summed E-state index contributed by atoms with van der Waals surface area (Å²) < 4.78 is 5.75. The Hall–Kier alpha value is -2.28. The first kappa shape index (κ1) is 15.9. The summed E-state index contributed by atoms with van der Waals surface area (Å²) in [7, 11) is 0. The van der Waals surface area contributed by atoms with Crippen molar-refractivity contribution in [2.75, 3.05) is 5.75 Å². The maximum atomic E-state index is 12.3. The van der Waals surface area contributed by atoms with E-state index in [0.717, 1.165) is 16.5 Å². The van der Waals surface area contributed by atoms with Crippen molar-refractivity contribution in [2.45, 2.75) is 36.9 Å². The van der Waals surface area contributed by atoms with Crippen LogP contribution in [0.4, 0.5) is 0 Å². The van der Waals surface area contributed by atoms with Crippen molar-refractivity contribution >= 4 is 28.6 Å². The summed E-state index contributed by atoms with van der Waals surface area (Å²) in [5.74, 6) is 2.25. The number of thioether (sulfide) groups is 1. The minimum atomic E-state index is 0.0608. The molecule has 0 bridgehead atoms. The molecule has 2 saturated carbocycles. The number of hydrogen-bond donors (Lipinski definition) is 2. The van der Waals surface area contributed by atoms with E-state index in [-0.39, 0.29) is 5.91 Å². The highest BCUT2D eigenvalue weighted by molar-refractivity contribution is 7.99. The van der Waals surface area contributed by atoms with Crippen LogP contribution in [0.15, 0.2) is 40.1 Å². The van der Waals surface area contributed by atoms with Gasteiger partial charge in [-0.25, -0.2) is 0 Å². The highest BCUT2D eigenvalue weighted by Crippen LogP contribution is 2.44. The van der Waals surface area contributed by atoms with Gasteiger partial charge in [0.2, 0.25) is 5.91 Å². The maximum absolute atomic E-state index is 12.3. The third kappa shape index (κ3) is 3.23. The van der Waals surface area contributed by atoms with Gasteiger partial charge in [-0.3, -0.25) is 4.79 Å². The van der Waals surface area contributed by atoms with Crippen molar-refractivity contribution in [3.63, 3.8) is 0 Å². The largest absolute Gasteiger partial charge is 0.411 e. The SMILES string of the molecule is O=C(CSc1nnc(-c2c[nH]c3ccccc23)o1)NC(C1CC1)C1CC1. The fraction of sp³-hybridized carbons (Fsp3) is 0.421. The minimum absolute atomic E-state index is 0.0608. The summed E-state index contributed by atoms with van der Waals surface area (Å²) in [4.78, 5) is 15.5. The lowest BCUT2D eigenvalue weighted by atomic mass is 10.1. The molecule has 0 aliphatic heterocycles. The van der Waals surface area contributed by atoms with E-state index >= 15 is 0 Å². The first-order chi connectivity index (χ1) is 12.8. The van der Waals surface area contributed by atoms with Crippen LogP contribution < -0.4 is 5.32 Å². The summed E-state index contributed by atoms with van der Waals surface area (Å²) in [6, 6.07) is 8.36. The molecule has 1 aromatic carbocycles. The number of H-pyrrole nitrogens is 1. The fourth-order valence-corrected chi connectivity index (χ4v) is 4.09. The summed E-state index contributed by atoms with van der Waals surface area (Å²) in [5.41, 5.74) is 1.91. The van der Waals surface area contributed by atoms with E-state index in [9.17, 15) is 4.79 Å². The molecule has 0 radical (unpaired) electrons. The second-order valence-electron chi connectivity index (χ2n) is 7.18. The lowest BCUT2D eigenvalue weighted by Gasteiger charge is -2.17. The van der Waals surface area contributed by atoms with Gasteiger partial charge in [-0.2, -0.15) is 0 Å². The molecule has 0 spiro atoms. The van der Waals surface area contributed by atoms with Gasteiger partial charge >= 0.3 is 0 Å². The molecule has 0 unspecified atom stereocenters. The van der Waals surface area contributed by atoms with Crippen LogP contribution in [-0.2, 0) is 4.79 Å². The normalized spacial score (nSPS) is 17.1. The van der Waals surface area contributed by atoms with Crippen LogP contribution in [-0.4, -0.2) is 32.9 Å². The number of aromatic amines is 1. The predicted molar refractivity (Wildman–Crippen MR) is 99.7 cm³/mol. The van der Waals surface area contributed by atoms with E-state index in [4.69, 9.17) is 4.42 Å². The summed E-state index contributed by atoms with van der Waals surface area (Å²) in [6.07, 6.45) is 6.89. The molecule has 26 heavy (non-hydrogen) atoms. The Labute approximate surface area is 155 Å². The van der Waals surface area contributed by atoms with Crippen molar-refractivity contribution < 1.29 is 9.21 Å². The molecule has 3 aromatic rings. The Balaban J connectivity index is 1.22. The van der Waals surface area contributed by atoms with Crippen molar-refractivity contribution in [1.82, 2.24) is 20.5 Å². The van der Waals surface area contributed by atoms with Crippen LogP contribution in [0, 0.1) is 11.8 Å². The van der Waals surface area contributed by atoms with Crippen LogP contribution in [0.25, 0.3) is 22.4 Å². The molecule has 2 N–H and O–H groups in total. The zero-order chi connectivity index (χ0) is 17.5. The first-order valence-electron chi connectivity index (χ1n) is 9.10. The van der Waals surface area contributed by atoms with Crippen molar-refractivity contribution in [3.8, 4) is 11.5 Å². The molecule has 2 aliphatic carbocycles. The molecule has 2 heterocycles. The number of hydrogen-bond acceptors (Lipinski definition) is 5. The number of benzene rings is 1. The van der Waals surface area contributed by atoms with E-state index in [1.165, 1.54) is 37.4 Å². The van der Waals surface area contributed by atoms with Gasteiger partial charge in [0.25, 0.3) is 11.1 Å². The zero-order valence-electron chi connectivity index (χ0n) is 14.3. The maximum Gasteiger partial charge on any atom is 0.277 e. The number of amides is 1. The number of fused-ring (bicyclic) bond motifs is 1. The first-order valence-corrected chi connectivity index (χ1v) is 10.1. The topological polar surface area (TPSA) is 83.8 Å². The molecule has 2 aliphatic rings. The number of aromatic nitrogens is 3. The van der Waals surface area contributed by atoms with Crippen molar-refractivity contribution in [1.29, 1.82) is 0 Å². The number of carbonyl (C=O) groups excluding carboxylic acids is 1. The summed E-state index contributed by atoms with van der Waals surface area (Å²) in [5, 5.41) is 12.9. The highest BCUT2D eigenvalue weighted by Gasteiger charge is 2.42. The number of para-hydroxylation sites is 1. The third-order valence-electron chi connectivity index (χ3n) is 5.14. The molecule has 7 heteroatoms. The molecular weight excluding hydrogens is 348 g/mol. The smallest absolute Gasteiger partial charge is 0.277 e. The van der Waals surface area contributed by atoms with Gasteiger partial charge in [0, 0.05) is 23.1 Å². The third-order valence-corrected chi connectivity index (χ3v) is 5.96. The molecule has 134 valence electrons. The van der Waals surface area contributed by atoms with Crippen molar-refractivity contribution in [3.05, 3.63) is 30.5 Å². The monoisotopic (exact) mass is 368 g/mol. The number of carbonyl (C=O) groups is 1. The second kappa shape index (κ2) is 6.46. The Morgan fingerprint density at radius 1 is 1.23 bits per heavy atom. The van der Waals surface area contributed by atoms with Crippen LogP contribution in [0.1, 0.15) is 25.7 Å². The van der Waals surface area contributed by atoms with Gasteiger partial charge in [0.1, 0.15) is 0 Å². The summed E-state index contributed by atoms with van der Waals surface area (Å²) in [6.45, 7) is 0. The number of nitrogens with zero attached hydrogens (tertiary/aromatic N) is 2. The van der Waals surface area contributed by atoms with Gasteiger partial charge in [0.15, 0.2) is 0 Å². The van der Waals surface area contributed by atoms with E-state index in [1.807, 2.05) is 30.5 Å². The standard InChI is InChI=1S/C19H20N4O2S/c24-16(21-17(11-5-6-11)12-7-8-12)10-26-19-23-22-18(25-19)14-9-20-15-4-2-1-3-13(14)15/h1-4,9,11-12,17,20H,5-8,10H2,(H,21,24). The van der Waals surface area contributed by atoms with Gasteiger partial charge in [0.05, 0.1) is 11.3 Å². The van der Waals surface area contributed by atoms with E-state index < -0.39 is 0 Å². The van der Waals surface area contributed by atoms with E-state index in [1.54, 1.807) is 0 Å². The average Bonchev–Trinajstić information content (AvgIpc) is 3.58. The fourth-order valence-electron chi connectivity index (χ4n) is 3.51. The summed E-state index contributed by atoms with van der Waals surface area (Å²) >= 11 is 1.30. The van der Waals surface area contributed by atoms with Gasteiger partial charge in [-0.05, 0) is 43.6 Å². The van der Waals surface area contributed by atoms with Gasteiger partial charge in [-0.15, -0.1) is 10.2 Å². The van der Waals surface area contributed by atoms with Crippen LogP contribution in [0.5, 0.6) is 0 Å². The van der Waals surface area contributed by atoms with Gasteiger partial charge < -0.3 is 14.7 Å². The Morgan fingerprint density at radius 2 is 2.00 bits per heavy atom. The minimum Gasteiger partial charge on any atom is -0.411 e. The van der Waals surface area contributed by atoms with Crippen LogP contribution in [0.3, 0.4) is 0 Å². The lowest BCUT2D eigenvalue weighted by Crippen LogP contribution is -2.39.